The highest BCUT2D eigenvalue weighted by Gasteiger charge is 2.12. The van der Waals surface area contributed by atoms with Gasteiger partial charge in [-0.15, -0.1) is 0 Å². The predicted molar refractivity (Wildman–Crippen MR) is 114 cm³/mol. The number of guanidine groups is 1. The van der Waals surface area contributed by atoms with E-state index < -0.39 is 0 Å². The molecule has 1 heterocycles. The van der Waals surface area contributed by atoms with Gasteiger partial charge in [-0.2, -0.15) is 0 Å². The molecule has 6 nitrogen and oxygen atoms in total. The van der Waals surface area contributed by atoms with E-state index in [1.807, 2.05) is 30.3 Å². The van der Waals surface area contributed by atoms with Gasteiger partial charge in [0, 0.05) is 52.2 Å². The standard InChI is InChI=1S/C21H37N5O/c1-3-22-21(24-13-9-19-27-20-10-5-4-6-11-20)23-12-7-8-14-26-17-15-25(2)16-18-26/h4-6,10-11H,3,7-9,12-19H2,1-2H3,(H2,22,23,24). The molecule has 0 radical (unpaired) electrons. The molecule has 1 aromatic carbocycles. The first-order valence-electron chi connectivity index (χ1n) is 10.4. The van der Waals surface area contributed by atoms with Crippen LogP contribution in [-0.2, 0) is 0 Å². The van der Waals surface area contributed by atoms with E-state index in [2.05, 4.69) is 39.4 Å². The van der Waals surface area contributed by atoms with Gasteiger partial charge < -0.3 is 25.2 Å². The smallest absolute Gasteiger partial charge is 0.191 e. The second-order valence-corrected chi connectivity index (χ2v) is 7.05. The zero-order chi connectivity index (χ0) is 19.2. The Labute approximate surface area is 165 Å². The van der Waals surface area contributed by atoms with Crippen molar-refractivity contribution >= 4 is 5.96 Å². The van der Waals surface area contributed by atoms with Crippen molar-refractivity contribution in [3.05, 3.63) is 30.3 Å². The Morgan fingerprint density at radius 2 is 1.81 bits per heavy atom. The Balaban J connectivity index is 1.53. The summed E-state index contributed by atoms with van der Waals surface area (Å²) in [6.45, 7) is 11.4. The van der Waals surface area contributed by atoms with Gasteiger partial charge in [0.15, 0.2) is 5.96 Å². The van der Waals surface area contributed by atoms with E-state index in [4.69, 9.17) is 4.74 Å². The van der Waals surface area contributed by atoms with E-state index in [1.165, 1.54) is 45.6 Å². The summed E-state index contributed by atoms with van der Waals surface area (Å²) in [5.41, 5.74) is 0. The van der Waals surface area contributed by atoms with Crippen LogP contribution in [0.2, 0.25) is 0 Å². The lowest BCUT2D eigenvalue weighted by atomic mass is 10.2. The van der Waals surface area contributed by atoms with Gasteiger partial charge in [-0.25, -0.2) is 0 Å². The number of likely N-dealkylation sites (N-methyl/N-ethyl adjacent to an activating group) is 1. The first-order chi connectivity index (χ1) is 13.3. The number of benzene rings is 1. The average Bonchev–Trinajstić information content (AvgIpc) is 2.69. The molecule has 2 N–H and O–H groups in total. The van der Waals surface area contributed by atoms with E-state index in [0.717, 1.165) is 37.8 Å². The molecular formula is C21H37N5O. The minimum atomic E-state index is 0.692. The summed E-state index contributed by atoms with van der Waals surface area (Å²) < 4.78 is 5.71. The molecule has 27 heavy (non-hydrogen) atoms. The summed E-state index contributed by atoms with van der Waals surface area (Å²) in [7, 11) is 2.21. The Bertz CT molecular complexity index is 515. The summed E-state index contributed by atoms with van der Waals surface area (Å²) in [6, 6.07) is 9.94. The van der Waals surface area contributed by atoms with Crippen LogP contribution in [0, 0.1) is 0 Å². The van der Waals surface area contributed by atoms with E-state index in [9.17, 15) is 0 Å². The van der Waals surface area contributed by atoms with Gasteiger partial charge in [0.2, 0.25) is 0 Å². The number of rotatable bonds is 11. The van der Waals surface area contributed by atoms with Gasteiger partial charge in [0.1, 0.15) is 5.75 Å². The summed E-state index contributed by atoms with van der Waals surface area (Å²) in [6.07, 6.45) is 3.32. The summed E-state index contributed by atoms with van der Waals surface area (Å²) in [5, 5.41) is 6.76. The van der Waals surface area contributed by atoms with Gasteiger partial charge in [0.05, 0.1) is 6.61 Å². The van der Waals surface area contributed by atoms with Crippen LogP contribution < -0.4 is 15.4 Å². The Morgan fingerprint density at radius 3 is 2.56 bits per heavy atom. The van der Waals surface area contributed by atoms with Gasteiger partial charge in [0.25, 0.3) is 0 Å². The lowest BCUT2D eigenvalue weighted by Gasteiger charge is -2.32. The van der Waals surface area contributed by atoms with Crippen LogP contribution in [0.5, 0.6) is 5.75 Å². The molecule has 2 rings (SSSR count). The topological polar surface area (TPSA) is 52.1 Å². The zero-order valence-electron chi connectivity index (χ0n) is 17.1. The number of unbranched alkanes of at least 4 members (excludes halogenated alkanes) is 1. The van der Waals surface area contributed by atoms with Crippen LogP contribution in [0.3, 0.4) is 0 Å². The van der Waals surface area contributed by atoms with Gasteiger partial charge >= 0.3 is 0 Å². The number of ether oxygens (including phenoxy) is 1. The minimum absolute atomic E-state index is 0.692. The number of hydrogen-bond donors (Lipinski definition) is 2. The second kappa shape index (κ2) is 13.4. The molecule has 0 aromatic heterocycles. The molecule has 1 aromatic rings. The van der Waals surface area contributed by atoms with Crippen molar-refractivity contribution in [3.8, 4) is 5.75 Å². The fourth-order valence-corrected chi connectivity index (χ4v) is 3.04. The third-order valence-corrected chi connectivity index (χ3v) is 4.72. The summed E-state index contributed by atoms with van der Waals surface area (Å²) >= 11 is 0. The normalized spacial score (nSPS) is 16.3. The maximum absolute atomic E-state index is 5.71. The highest BCUT2D eigenvalue weighted by Crippen LogP contribution is 2.08. The number of aliphatic imine (C=N–C) groups is 1. The lowest BCUT2D eigenvalue weighted by Crippen LogP contribution is -2.44. The van der Waals surface area contributed by atoms with Crippen LogP contribution in [0.4, 0.5) is 0 Å². The summed E-state index contributed by atoms with van der Waals surface area (Å²) in [5.74, 6) is 1.84. The maximum Gasteiger partial charge on any atom is 0.191 e. The van der Waals surface area contributed by atoms with Crippen LogP contribution >= 0.6 is 0 Å². The van der Waals surface area contributed by atoms with E-state index >= 15 is 0 Å². The number of para-hydroxylation sites is 1. The lowest BCUT2D eigenvalue weighted by molar-refractivity contribution is 0.152. The first kappa shape index (κ1) is 21.5. The van der Waals surface area contributed by atoms with Crippen molar-refractivity contribution in [1.82, 2.24) is 20.4 Å². The number of nitrogens with zero attached hydrogens (tertiary/aromatic N) is 3. The van der Waals surface area contributed by atoms with Crippen molar-refractivity contribution < 1.29 is 4.74 Å². The second-order valence-electron chi connectivity index (χ2n) is 7.05. The molecule has 152 valence electrons. The molecule has 0 unspecified atom stereocenters. The van der Waals surface area contributed by atoms with Crippen LogP contribution in [-0.4, -0.2) is 81.8 Å². The molecule has 0 aliphatic carbocycles. The van der Waals surface area contributed by atoms with Crippen molar-refractivity contribution in [2.45, 2.75) is 26.2 Å². The Hall–Kier alpha value is -1.79. The average molecular weight is 376 g/mol. The summed E-state index contributed by atoms with van der Waals surface area (Å²) in [4.78, 5) is 9.62. The Morgan fingerprint density at radius 1 is 1.04 bits per heavy atom. The molecule has 0 bridgehead atoms. The highest BCUT2D eigenvalue weighted by atomic mass is 16.5. The van der Waals surface area contributed by atoms with Crippen molar-refractivity contribution in [3.63, 3.8) is 0 Å². The van der Waals surface area contributed by atoms with Gasteiger partial charge in [-0.05, 0) is 45.5 Å². The molecule has 0 amide bonds. The SMILES string of the molecule is CCNC(=NCCCOc1ccccc1)NCCCCN1CCN(C)CC1. The fraction of sp³-hybridized carbons (Fsp3) is 0.667. The third kappa shape index (κ3) is 9.63. The molecule has 1 fully saturated rings. The quantitative estimate of drug-likeness (QED) is 0.352. The largest absolute Gasteiger partial charge is 0.494 e. The van der Waals surface area contributed by atoms with Gasteiger partial charge in [-0.3, -0.25) is 4.99 Å². The minimum Gasteiger partial charge on any atom is -0.494 e. The number of hydrogen-bond acceptors (Lipinski definition) is 4. The van der Waals surface area contributed by atoms with E-state index in [1.54, 1.807) is 0 Å². The molecule has 1 saturated heterocycles. The molecule has 1 aliphatic rings. The van der Waals surface area contributed by atoms with E-state index in [0.29, 0.717) is 6.61 Å². The first-order valence-corrected chi connectivity index (χ1v) is 10.4. The number of nitrogens with one attached hydrogen (secondary N) is 2. The molecule has 1 aliphatic heterocycles. The Kier molecular flexibility index (Phi) is 10.7. The predicted octanol–water partition coefficient (Wildman–Crippen LogP) is 2.04. The van der Waals surface area contributed by atoms with Crippen LogP contribution in [0.15, 0.2) is 35.3 Å². The molecule has 0 atom stereocenters. The fourth-order valence-electron chi connectivity index (χ4n) is 3.04. The van der Waals surface area contributed by atoms with E-state index in [-0.39, 0.29) is 0 Å². The molecule has 6 heteroatoms. The monoisotopic (exact) mass is 375 g/mol. The van der Waals surface area contributed by atoms with Crippen LogP contribution in [0.25, 0.3) is 0 Å². The van der Waals surface area contributed by atoms with Crippen molar-refractivity contribution in [2.24, 2.45) is 4.99 Å². The molecule has 0 saturated carbocycles. The van der Waals surface area contributed by atoms with Crippen LogP contribution in [0.1, 0.15) is 26.2 Å². The molecule has 0 spiro atoms. The number of piperazine rings is 1. The van der Waals surface area contributed by atoms with Crippen molar-refractivity contribution in [1.29, 1.82) is 0 Å². The molecular weight excluding hydrogens is 338 g/mol. The zero-order valence-corrected chi connectivity index (χ0v) is 17.1. The van der Waals surface area contributed by atoms with Crippen molar-refractivity contribution in [2.75, 3.05) is 66.0 Å². The van der Waals surface area contributed by atoms with Gasteiger partial charge in [-0.1, -0.05) is 18.2 Å². The maximum atomic E-state index is 5.71. The highest BCUT2D eigenvalue weighted by molar-refractivity contribution is 5.79. The third-order valence-electron chi connectivity index (χ3n) is 4.72.